The lowest BCUT2D eigenvalue weighted by atomic mass is 10.0. The van der Waals surface area contributed by atoms with E-state index in [1.54, 1.807) is 13.0 Å². The lowest BCUT2D eigenvalue weighted by Gasteiger charge is -2.19. The Morgan fingerprint density at radius 2 is 2.10 bits per heavy atom. The molecule has 5 heteroatoms. The highest BCUT2D eigenvalue weighted by atomic mass is 32.1. The van der Waals surface area contributed by atoms with Crippen molar-refractivity contribution >= 4 is 11.5 Å². The second-order valence-corrected chi connectivity index (χ2v) is 6.02. The quantitative estimate of drug-likeness (QED) is 0.839. The minimum atomic E-state index is -0.163. The van der Waals surface area contributed by atoms with Crippen molar-refractivity contribution in [2.45, 2.75) is 46.1 Å². The van der Waals surface area contributed by atoms with E-state index in [1.165, 1.54) is 11.5 Å². The Hall–Kier alpha value is -1.33. The topological polar surface area (TPSA) is 37.8 Å². The van der Waals surface area contributed by atoms with Crippen LogP contribution in [0.15, 0.2) is 18.2 Å². The third kappa shape index (κ3) is 3.86. The highest BCUT2D eigenvalue weighted by molar-refractivity contribution is 7.05. The van der Waals surface area contributed by atoms with Crippen molar-refractivity contribution in [3.63, 3.8) is 0 Å². The number of nitrogens with zero attached hydrogens (tertiary/aromatic N) is 2. The van der Waals surface area contributed by atoms with Crippen LogP contribution >= 0.6 is 11.5 Å². The van der Waals surface area contributed by atoms with E-state index in [1.807, 2.05) is 12.1 Å². The molecule has 2 aromatic rings. The number of hydrogen-bond acceptors (Lipinski definition) is 4. The maximum absolute atomic E-state index is 13.5. The molecule has 0 saturated carbocycles. The molecule has 0 aliphatic rings. The summed E-state index contributed by atoms with van der Waals surface area (Å²) in [5.41, 5.74) is 2.80. The van der Waals surface area contributed by atoms with Gasteiger partial charge in [-0.05, 0) is 55.0 Å². The van der Waals surface area contributed by atoms with Crippen molar-refractivity contribution in [1.29, 1.82) is 0 Å². The molecule has 0 bridgehead atoms. The van der Waals surface area contributed by atoms with Gasteiger partial charge in [0.25, 0.3) is 0 Å². The Morgan fingerprint density at radius 1 is 1.29 bits per heavy atom. The number of benzene rings is 1. The lowest BCUT2D eigenvalue weighted by Crippen LogP contribution is -2.23. The highest BCUT2D eigenvalue weighted by Crippen LogP contribution is 2.29. The van der Waals surface area contributed by atoms with Crippen LogP contribution < -0.4 is 5.32 Å². The fourth-order valence-corrected chi connectivity index (χ4v) is 3.14. The molecule has 21 heavy (non-hydrogen) atoms. The first kappa shape index (κ1) is 16.0. The van der Waals surface area contributed by atoms with Crippen LogP contribution in [0.5, 0.6) is 0 Å². The van der Waals surface area contributed by atoms with E-state index in [0.717, 1.165) is 41.9 Å². The summed E-state index contributed by atoms with van der Waals surface area (Å²) in [6, 6.07) is 5.36. The molecule has 1 aromatic carbocycles. The number of rotatable bonds is 7. The van der Waals surface area contributed by atoms with Crippen LogP contribution in [0.1, 0.15) is 54.4 Å². The largest absolute Gasteiger partial charge is 0.305 e. The predicted octanol–water partition coefficient (Wildman–Crippen LogP) is 4.03. The van der Waals surface area contributed by atoms with E-state index in [4.69, 9.17) is 0 Å². The molecule has 0 fully saturated rings. The second-order valence-electron chi connectivity index (χ2n) is 5.23. The van der Waals surface area contributed by atoms with Gasteiger partial charge in [0.05, 0.1) is 16.6 Å². The summed E-state index contributed by atoms with van der Waals surface area (Å²) < 4.78 is 17.6. The molecule has 0 amide bonds. The minimum Gasteiger partial charge on any atom is -0.305 e. The van der Waals surface area contributed by atoms with Crippen molar-refractivity contribution in [3.05, 3.63) is 45.7 Å². The Balaban J connectivity index is 2.37. The zero-order chi connectivity index (χ0) is 15.2. The van der Waals surface area contributed by atoms with Crippen LogP contribution in [0.3, 0.4) is 0 Å². The molecule has 0 saturated heterocycles. The van der Waals surface area contributed by atoms with Gasteiger partial charge in [0.2, 0.25) is 0 Å². The number of hydrogen-bond donors (Lipinski definition) is 1. The SMILES string of the molecule is CCCNC(c1ccc(F)c(C)c1)c1snnc1CCC. The number of aromatic nitrogens is 2. The molecular weight excluding hydrogens is 285 g/mol. The summed E-state index contributed by atoms with van der Waals surface area (Å²) in [6.07, 6.45) is 3.02. The molecule has 0 spiro atoms. The van der Waals surface area contributed by atoms with Gasteiger partial charge in [-0.15, -0.1) is 5.10 Å². The van der Waals surface area contributed by atoms with E-state index >= 15 is 0 Å². The van der Waals surface area contributed by atoms with Gasteiger partial charge in [-0.2, -0.15) is 0 Å². The summed E-state index contributed by atoms with van der Waals surface area (Å²) in [7, 11) is 0. The zero-order valence-electron chi connectivity index (χ0n) is 12.8. The molecule has 1 aromatic heterocycles. The molecular formula is C16H22FN3S. The number of aryl methyl sites for hydroxylation is 2. The number of nitrogens with one attached hydrogen (secondary N) is 1. The maximum atomic E-state index is 13.5. The van der Waals surface area contributed by atoms with Crippen molar-refractivity contribution in [1.82, 2.24) is 14.9 Å². The van der Waals surface area contributed by atoms with Crippen molar-refractivity contribution in [3.8, 4) is 0 Å². The average Bonchev–Trinajstić information content (AvgIpc) is 2.92. The first-order valence-electron chi connectivity index (χ1n) is 7.47. The van der Waals surface area contributed by atoms with Crippen LogP contribution in [0.2, 0.25) is 0 Å². The third-order valence-electron chi connectivity index (χ3n) is 3.45. The van der Waals surface area contributed by atoms with E-state index < -0.39 is 0 Å². The van der Waals surface area contributed by atoms with Gasteiger partial charge >= 0.3 is 0 Å². The summed E-state index contributed by atoms with van der Waals surface area (Å²) in [5.74, 6) is -0.163. The van der Waals surface area contributed by atoms with Gasteiger partial charge in [-0.3, -0.25) is 0 Å². The zero-order valence-corrected chi connectivity index (χ0v) is 13.6. The smallest absolute Gasteiger partial charge is 0.126 e. The predicted molar refractivity (Wildman–Crippen MR) is 85.2 cm³/mol. The Morgan fingerprint density at radius 3 is 2.76 bits per heavy atom. The first-order chi connectivity index (χ1) is 10.2. The monoisotopic (exact) mass is 307 g/mol. The standard InChI is InChI=1S/C16H22FN3S/c1-4-6-14-16(21-20-19-14)15(18-9-5-2)12-7-8-13(17)11(3)10-12/h7-8,10,15,18H,4-6,9H2,1-3H3. The van der Waals surface area contributed by atoms with E-state index in [9.17, 15) is 4.39 Å². The molecule has 1 heterocycles. The van der Waals surface area contributed by atoms with Crippen molar-refractivity contribution in [2.24, 2.45) is 0 Å². The van der Waals surface area contributed by atoms with Crippen LogP contribution in [-0.4, -0.2) is 16.1 Å². The van der Waals surface area contributed by atoms with Crippen LogP contribution in [0, 0.1) is 12.7 Å². The fourth-order valence-electron chi connectivity index (χ4n) is 2.34. The molecule has 114 valence electrons. The van der Waals surface area contributed by atoms with Crippen molar-refractivity contribution < 1.29 is 4.39 Å². The first-order valence-corrected chi connectivity index (χ1v) is 8.25. The van der Waals surface area contributed by atoms with E-state index in [0.29, 0.717) is 5.56 Å². The van der Waals surface area contributed by atoms with E-state index in [-0.39, 0.29) is 11.9 Å². The number of halogens is 1. The van der Waals surface area contributed by atoms with Crippen LogP contribution in [-0.2, 0) is 6.42 Å². The Labute approximate surface area is 129 Å². The normalized spacial score (nSPS) is 12.6. The van der Waals surface area contributed by atoms with Gasteiger partial charge in [0.1, 0.15) is 5.82 Å². The van der Waals surface area contributed by atoms with Gasteiger partial charge < -0.3 is 5.32 Å². The van der Waals surface area contributed by atoms with Gasteiger partial charge in [-0.25, -0.2) is 4.39 Å². The summed E-state index contributed by atoms with van der Waals surface area (Å²) >= 11 is 1.44. The molecule has 3 nitrogen and oxygen atoms in total. The van der Waals surface area contributed by atoms with Crippen LogP contribution in [0.25, 0.3) is 0 Å². The van der Waals surface area contributed by atoms with Gasteiger partial charge in [-0.1, -0.05) is 36.9 Å². The van der Waals surface area contributed by atoms with Gasteiger partial charge in [0.15, 0.2) is 0 Å². The second kappa shape index (κ2) is 7.61. The fraction of sp³-hybridized carbons (Fsp3) is 0.500. The third-order valence-corrected chi connectivity index (χ3v) is 4.28. The minimum absolute atomic E-state index is 0.0470. The summed E-state index contributed by atoms with van der Waals surface area (Å²) in [6.45, 7) is 6.98. The molecule has 1 unspecified atom stereocenters. The average molecular weight is 307 g/mol. The molecule has 1 N–H and O–H groups in total. The summed E-state index contributed by atoms with van der Waals surface area (Å²) in [4.78, 5) is 1.15. The molecule has 1 atom stereocenters. The Bertz CT molecular complexity index is 583. The molecule has 0 aliphatic heterocycles. The van der Waals surface area contributed by atoms with Gasteiger partial charge in [0, 0.05) is 0 Å². The molecule has 2 rings (SSSR count). The van der Waals surface area contributed by atoms with E-state index in [2.05, 4.69) is 28.8 Å². The highest BCUT2D eigenvalue weighted by Gasteiger charge is 2.20. The lowest BCUT2D eigenvalue weighted by molar-refractivity contribution is 0.591. The van der Waals surface area contributed by atoms with Crippen molar-refractivity contribution in [2.75, 3.05) is 6.54 Å². The Kier molecular flexibility index (Phi) is 5.82. The molecule has 0 aliphatic carbocycles. The van der Waals surface area contributed by atoms with Crippen LogP contribution in [0.4, 0.5) is 4.39 Å². The summed E-state index contributed by atoms with van der Waals surface area (Å²) in [5, 5.41) is 7.80. The molecule has 0 radical (unpaired) electrons. The maximum Gasteiger partial charge on any atom is 0.126 e.